The molecule has 3 rings (SSSR count). The SMILES string of the molecule is CCCCNC(=O)[C@H](C)N(Cc1cccc(Cl)c1)C(=O)CN(c1ccccc1)S(=O)(=O)c1ccc(Cl)cc1. The number of sulfonamides is 1. The molecule has 0 saturated carbocycles. The molecule has 0 aliphatic heterocycles. The Kier molecular flexibility index (Phi) is 10.6. The van der Waals surface area contributed by atoms with E-state index in [1.165, 1.54) is 29.2 Å². The average Bonchev–Trinajstić information content (AvgIpc) is 2.90. The number of hydrogen-bond acceptors (Lipinski definition) is 4. The van der Waals surface area contributed by atoms with Gasteiger partial charge in [-0.15, -0.1) is 0 Å². The summed E-state index contributed by atoms with van der Waals surface area (Å²) in [6, 6.07) is 20.2. The highest BCUT2D eigenvalue weighted by Crippen LogP contribution is 2.25. The van der Waals surface area contributed by atoms with Crippen molar-refractivity contribution >= 4 is 50.7 Å². The lowest BCUT2D eigenvalue weighted by Crippen LogP contribution is -2.51. The Morgan fingerprint density at radius 2 is 1.61 bits per heavy atom. The first-order valence-corrected chi connectivity index (χ1v) is 14.5. The van der Waals surface area contributed by atoms with Crippen molar-refractivity contribution in [1.82, 2.24) is 10.2 Å². The van der Waals surface area contributed by atoms with Crippen molar-refractivity contribution < 1.29 is 18.0 Å². The average molecular weight is 577 g/mol. The molecule has 0 aliphatic carbocycles. The van der Waals surface area contributed by atoms with Crippen LogP contribution in [0.4, 0.5) is 5.69 Å². The highest BCUT2D eigenvalue weighted by Gasteiger charge is 2.32. The van der Waals surface area contributed by atoms with Gasteiger partial charge in [0.05, 0.1) is 10.6 Å². The zero-order chi connectivity index (χ0) is 27.7. The van der Waals surface area contributed by atoms with Crippen LogP contribution in [0.3, 0.4) is 0 Å². The smallest absolute Gasteiger partial charge is 0.264 e. The molecule has 0 spiro atoms. The lowest BCUT2D eigenvalue weighted by atomic mass is 10.1. The number of carbonyl (C=O) groups is 2. The molecule has 0 radical (unpaired) electrons. The summed E-state index contributed by atoms with van der Waals surface area (Å²) in [5.74, 6) is -0.856. The van der Waals surface area contributed by atoms with Crippen LogP contribution in [0.1, 0.15) is 32.3 Å². The number of nitrogens with zero attached hydrogens (tertiary/aromatic N) is 2. The third-order valence-corrected chi connectivity index (χ3v) is 8.24. The molecule has 0 fully saturated rings. The van der Waals surface area contributed by atoms with E-state index in [0.717, 1.165) is 17.1 Å². The predicted octanol–water partition coefficient (Wildman–Crippen LogP) is 5.52. The van der Waals surface area contributed by atoms with E-state index in [1.807, 2.05) is 6.92 Å². The largest absolute Gasteiger partial charge is 0.354 e. The van der Waals surface area contributed by atoms with E-state index < -0.39 is 28.5 Å². The van der Waals surface area contributed by atoms with Crippen LogP contribution in [0.25, 0.3) is 0 Å². The van der Waals surface area contributed by atoms with Crippen LogP contribution in [0.2, 0.25) is 10.0 Å². The van der Waals surface area contributed by atoms with Gasteiger partial charge in [0.15, 0.2) is 0 Å². The van der Waals surface area contributed by atoms with E-state index in [4.69, 9.17) is 23.2 Å². The third-order valence-electron chi connectivity index (χ3n) is 5.96. The fourth-order valence-corrected chi connectivity index (χ4v) is 5.56. The third kappa shape index (κ3) is 7.72. The highest BCUT2D eigenvalue weighted by molar-refractivity contribution is 7.92. The minimum absolute atomic E-state index is 0.00898. The number of rotatable bonds is 12. The minimum atomic E-state index is -4.14. The Labute approximate surface area is 234 Å². The van der Waals surface area contributed by atoms with Crippen LogP contribution < -0.4 is 9.62 Å². The zero-order valence-corrected chi connectivity index (χ0v) is 23.6. The van der Waals surface area contributed by atoms with Gasteiger partial charge in [0.2, 0.25) is 11.8 Å². The Balaban J connectivity index is 1.97. The monoisotopic (exact) mass is 575 g/mol. The number of halogens is 2. The molecule has 3 aromatic carbocycles. The maximum absolute atomic E-state index is 13.8. The van der Waals surface area contributed by atoms with Gasteiger partial charge < -0.3 is 10.2 Å². The molecule has 1 atom stereocenters. The summed E-state index contributed by atoms with van der Waals surface area (Å²) in [7, 11) is -4.14. The van der Waals surface area contributed by atoms with Crippen molar-refractivity contribution in [1.29, 1.82) is 0 Å². The van der Waals surface area contributed by atoms with E-state index in [-0.39, 0.29) is 17.3 Å². The Hall–Kier alpha value is -3.07. The number of para-hydroxylation sites is 1. The summed E-state index contributed by atoms with van der Waals surface area (Å²) in [4.78, 5) is 28.1. The number of benzene rings is 3. The second-order valence-electron chi connectivity index (χ2n) is 8.77. The fourth-order valence-electron chi connectivity index (χ4n) is 3.81. The number of amides is 2. The van der Waals surface area contributed by atoms with Gasteiger partial charge in [0.1, 0.15) is 12.6 Å². The Morgan fingerprint density at radius 1 is 0.921 bits per heavy atom. The molecule has 202 valence electrons. The van der Waals surface area contributed by atoms with Crippen molar-refractivity contribution in [2.24, 2.45) is 0 Å². The molecule has 0 unspecified atom stereocenters. The summed E-state index contributed by atoms with van der Waals surface area (Å²) in [6.07, 6.45) is 1.72. The lowest BCUT2D eigenvalue weighted by Gasteiger charge is -2.32. The minimum Gasteiger partial charge on any atom is -0.354 e. The van der Waals surface area contributed by atoms with Crippen LogP contribution in [0.5, 0.6) is 0 Å². The molecule has 0 aromatic heterocycles. The van der Waals surface area contributed by atoms with Gasteiger partial charge >= 0.3 is 0 Å². The molecule has 0 bridgehead atoms. The van der Waals surface area contributed by atoms with Gasteiger partial charge in [-0.1, -0.05) is 66.9 Å². The Bertz CT molecular complexity index is 1340. The van der Waals surface area contributed by atoms with Crippen LogP contribution in [0.15, 0.2) is 83.8 Å². The van der Waals surface area contributed by atoms with Crippen LogP contribution in [0, 0.1) is 0 Å². The maximum atomic E-state index is 13.8. The second-order valence-corrected chi connectivity index (χ2v) is 11.5. The van der Waals surface area contributed by atoms with E-state index in [0.29, 0.717) is 27.8 Å². The number of unbranched alkanes of at least 4 members (excludes halogenated alkanes) is 1. The molecular weight excluding hydrogens is 545 g/mol. The zero-order valence-electron chi connectivity index (χ0n) is 21.3. The topological polar surface area (TPSA) is 86.8 Å². The van der Waals surface area contributed by atoms with Crippen LogP contribution in [-0.2, 0) is 26.2 Å². The van der Waals surface area contributed by atoms with Gasteiger partial charge in [-0.3, -0.25) is 13.9 Å². The van der Waals surface area contributed by atoms with Crippen LogP contribution in [-0.4, -0.2) is 44.3 Å². The molecule has 1 N–H and O–H groups in total. The molecule has 0 saturated heterocycles. The number of hydrogen-bond donors (Lipinski definition) is 1. The summed E-state index contributed by atoms with van der Waals surface area (Å²) in [6.45, 7) is 3.70. The van der Waals surface area contributed by atoms with Gasteiger partial charge in [0.25, 0.3) is 10.0 Å². The molecule has 0 aliphatic rings. The van der Waals surface area contributed by atoms with Crippen LogP contribution >= 0.6 is 23.2 Å². The van der Waals surface area contributed by atoms with Crippen molar-refractivity contribution in [3.05, 3.63) is 94.5 Å². The number of anilines is 1. The van der Waals surface area contributed by atoms with Gasteiger partial charge in [-0.2, -0.15) is 0 Å². The summed E-state index contributed by atoms with van der Waals surface area (Å²) in [5, 5.41) is 3.74. The van der Waals surface area contributed by atoms with Gasteiger partial charge in [-0.05, 0) is 67.4 Å². The Morgan fingerprint density at radius 3 is 2.24 bits per heavy atom. The molecular formula is C28H31Cl2N3O4S. The van der Waals surface area contributed by atoms with Crippen molar-refractivity contribution in [3.63, 3.8) is 0 Å². The first-order valence-electron chi connectivity index (χ1n) is 12.3. The maximum Gasteiger partial charge on any atom is 0.264 e. The van der Waals surface area contributed by atoms with E-state index in [9.17, 15) is 18.0 Å². The quantitative estimate of drug-likeness (QED) is 0.288. The molecule has 10 heteroatoms. The fraction of sp³-hybridized carbons (Fsp3) is 0.286. The van der Waals surface area contributed by atoms with E-state index >= 15 is 0 Å². The van der Waals surface area contributed by atoms with E-state index in [2.05, 4.69) is 5.32 Å². The van der Waals surface area contributed by atoms with Gasteiger partial charge in [-0.25, -0.2) is 8.42 Å². The first kappa shape index (κ1) is 29.5. The second kappa shape index (κ2) is 13.6. The molecule has 7 nitrogen and oxygen atoms in total. The first-order chi connectivity index (χ1) is 18.1. The van der Waals surface area contributed by atoms with E-state index in [1.54, 1.807) is 61.5 Å². The molecule has 2 amide bonds. The number of carbonyl (C=O) groups excluding carboxylic acids is 2. The molecule has 0 heterocycles. The highest BCUT2D eigenvalue weighted by atomic mass is 35.5. The normalized spacial score (nSPS) is 12.0. The lowest BCUT2D eigenvalue weighted by molar-refractivity contribution is -0.139. The standard InChI is InChI=1S/C28H31Cl2N3O4S/c1-3-4-17-31-28(35)21(2)32(19-22-9-8-10-24(30)18-22)27(34)20-33(25-11-6-5-7-12-25)38(36,37)26-15-13-23(29)14-16-26/h5-16,18,21H,3-4,17,19-20H2,1-2H3,(H,31,35)/t21-/m0/s1. The molecule has 38 heavy (non-hydrogen) atoms. The predicted molar refractivity (Wildman–Crippen MR) is 152 cm³/mol. The van der Waals surface area contributed by atoms with Crippen molar-refractivity contribution in [3.8, 4) is 0 Å². The summed E-state index contributed by atoms with van der Waals surface area (Å²) < 4.78 is 28.4. The van der Waals surface area contributed by atoms with Crippen molar-refractivity contribution in [2.45, 2.75) is 44.2 Å². The van der Waals surface area contributed by atoms with Gasteiger partial charge in [0, 0.05) is 23.1 Å². The summed E-state index contributed by atoms with van der Waals surface area (Å²) >= 11 is 12.1. The molecule has 3 aromatic rings. The summed E-state index contributed by atoms with van der Waals surface area (Å²) in [5.41, 5.74) is 1.03. The number of nitrogens with one attached hydrogen (secondary N) is 1. The van der Waals surface area contributed by atoms with Crippen molar-refractivity contribution in [2.75, 3.05) is 17.4 Å².